The summed E-state index contributed by atoms with van der Waals surface area (Å²) in [5.41, 5.74) is 2.49. The first-order chi connectivity index (χ1) is 17.9. The van der Waals surface area contributed by atoms with Gasteiger partial charge in [0.15, 0.2) is 6.61 Å². The molecule has 3 aromatic rings. The van der Waals surface area contributed by atoms with Crippen LogP contribution in [-0.2, 0) is 22.6 Å². The van der Waals surface area contributed by atoms with Crippen molar-refractivity contribution in [1.82, 2.24) is 10.2 Å². The van der Waals surface area contributed by atoms with Gasteiger partial charge in [-0.05, 0) is 83.6 Å². The highest BCUT2D eigenvalue weighted by Gasteiger charge is 2.32. The predicted octanol–water partition coefficient (Wildman–Crippen LogP) is 7.16. The van der Waals surface area contributed by atoms with Gasteiger partial charge in [0, 0.05) is 23.5 Å². The Morgan fingerprint density at radius 1 is 0.974 bits per heavy atom. The summed E-state index contributed by atoms with van der Waals surface area (Å²) in [7, 11) is 0. The maximum absolute atomic E-state index is 13.8. The molecule has 0 saturated carbocycles. The van der Waals surface area contributed by atoms with Crippen molar-refractivity contribution >= 4 is 39.3 Å². The van der Waals surface area contributed by atoms with Gasteiger partial charge in [-0.25, -0.2) is 0 Å². The number of amides is 2. The van der Waals surface area contributed by atoms with Crippen LogP contribution in [-0.4, -0.2) is 34.9 Å². The van der Waals surface area contributed by atoms with E-state index in [9.17, 15) is 9.59 Å². The van der Waals surface area contributed by atoms with Crippen LogP contribution in [0.1, 0.15) is 57.2 Å². The molecular formula is C31H36BrClN2O3. The van der Waals surface area contributed by atoms with Crippen molar-refractivity contribution in [2.45, 2.75) is 65.1 Å². The number of carbonyl (C=O) groups excluding carboxylic acids is 2. The molecule has 2 amide bonds. The van der Waals surface area contributed by atoms with Crippen molar-refractivity contribution in [1.29, 1.82) is 0 Å². The van der Waals surface area contributed by atoms with Crippen LogP contribution in [0.15, 0.2) is 77.3 Å². The summed E-state index contributed by atoms with van der Waals surface area (Å²) >= 11 is 9.81. The first kappa shape index (κ1) is 29.7. The van der Waals surface area contributed by atoms with Gasteiger partial charge < -0.3 is 15.0 Å². The number of halogens is 2. The molecule has 5 nitrogen and oxygen atoms in total. The minimum absolute atomic E-state index is 0.214. The van der Waals surface area contributed by atoms with Crippen LogP contribution in [0.3, 0.4) is 0 Å². The highest BCUT2D eigenvalue weighted by Crippen LogP contribution is 2.29. The van der Waals surface area contributed by atoms with Gasteiger partial charge in [-0.2, -0.15) is 0 Å². The highest BCUT2D eigenvalue weighted by molar-refractivity contribution is 9.10. The molecule has 0 aliphatic heterocycles. The molecule has 7 heteroatoms. The predicted molar refractivity (Wildman–Crippen MR) is 158 cm³/mol. The number of carbonyl (C=O) groups is 2. The molecule has 0 heterocycles. The fourth-order valence-electron chi connectivity index (χ4n) is 4.05. The Morgan fingerprint density at radius 3 is 2.26 bits per heavy atom. The average molecular weight is 600 g/mol. The summed E-state index contributed by atoms with van der Waals surface area (Å²) in [6.07, 6.45) is 0.363. The Labute approximate surface area is 239 Å². The van der Waals surface area contributed by atoms with Crippen molar-refractivity contribution < 1.29 is 14.3 Å². The summed E-state index contributed by atoms with van der Waals surface area (Å²) in [6, 6.07) is 22.2. The average Bonchev–Trinajstić information content (AvgIpc) is 2.84. The van der Waals surface area contributed by atoms with Crippen LogP contribution in [0.5, 0.6) is 5.75 Å². The molecule has 1 N–H and O–H groups in total. The SMILES string of the molecule is CC(C)c1ccc(OCC(=O)N(Cc2cccc(Cl)c2)[C@H](Cc2ccccc2)C(=O)NC(C)(C)C)c(Br)c1. The topological polar surface area (TPSA) is 58.6 Å². The molecule has 3 rings (SSSR count). The van der Waals surface area contributed by atoms with E-state index in [1.165, 1.54) is 5.56 Å². The summed E-state index contributed by atoms with van der Waals surface area (Å²) < 4.78 is 6.74. The van der Waals surface area contributed by atoms with Crippen LogP contribution >= 0.6 is 27.5 Å². The molecule has 1 atom stereocenters. The minimum atomic E-state index is -0.751. The van der Waals surface area contributed by atoms with Gasteiger partial charge >= 0.3 is 0 Å². The third-order valence-electron chi connectivity index (χ3n) is 5.98. The normalized spacial score (nSPS) is 12.2. The molecule has 0 aliphatic carbocycles. The first-order valence-electron chi connectivity index (χ1n) is 12.7. The number of nitrogens with zero attached hydrogens (tertiary/aromatic N) is 1. The van der Waals surface area contributed by atoms with E-state index in [-0.39, 0.29) is 25.0 Å². The number of ether oxygens (including phenoxy) is 1. The van der Waals surface area contributed by atoms with E-state index in [1.54, 1.807) is 11.0 Å². The zero-order chi connectivity index (χ0) is 27.9. The van der Waals surface area contributed by atoms with E-state index in [0.29, 0.717) is 23.1 Å². The van der Waals surface area contributed by atoms with Gasteiger partial charge in [0.25, 0.3) is 5.91 Å². The van der Waals surface area contributed by atoms with Gasteiger partial charge in [-0.15, -0.1) is 0 Å². The lowest BCUT2D eigenvalue weighted by molar-refractivity contribution is -0.143. The zero-order valence-corrected chi connectivity index (χ0v) is 25.0. The molecule has 0 aliphatic rings. The van der Waals surface area contributed by atoms with Gasteiger partial charge in [0.05, 0.1) is 4.47 Å². The first-order valence-corrected chi connectivity index (χ1v) is 13.9. The van der Waals surface area contributed by atoms with Crippen molar-refractivity contribution in [3.05, 3.63) is 99.0 Å². The fourth-order valence-corrected chi connectivity index (χ4v) is 4.78. The third-order valence-corrected chi connectivity index (χ3v) is 6.84. The molecule has 0 bridgehead atoms. The van der Waals surface area contributed by atoms with Crippen molar-refractivity contribution in [2.75, 3.05) is 6.61 Å². The molecular weight excluding hydrogens is 564 g/mol. The molecule has 0 aromatic heterocycles. The summed E-state index contributed by atoms with van der Waals surface area (Å²) in [5.74, 6) is 0.424. The van der Waals surface area contributed by atoms with Crippen molar-refractivity contribution in [3.63, 3.8) is 0 Å². The molecule has 202 valence electrons. The van der Waals surface area contributed by atoms with Crippen molar-refractivity contribution in [2.24, 2.45) is 0 Å². The standard InChI is InChI=1S/C31H36BrClN2O3/c1-21(2)24-14-15-28(26(32)18-24)38-20-29(36)35(19-23-12-9-13-25(33)16-23)27(30(37)34-31(3,4)5)17-22-10-7-6-8-11-22/h6-16,18,21,27H,17,19-20H2,1-5H3,(H,34,37)/t27-/m1/s1. The van der Waals surface area contributed by atoms with Gasteiger partial charge in [-0.1, -0.05) is 74.0 Å². The van der Waals surface area contributed by atoms with E-state index in [1.807, 2.05) is 87.5 Å². The lowest BCUT2D eigenvalue weighted by Gasteiger charge is -2.33. The summed E-state index contributed by atoms with van der Waals surface area (Å²) in [5, 5.41) is 3.63. The molecule has 0 radical (unpaired) electrons. The number of hydrogen-bond acceptors (Lipinski definition) is 3. The second kappa shape index (κ2) is 13.3. The van der Waals surface area contributed by atoms with E-state index in [4.69, 9.17) is 16.3 Å². The fraction of sp³-hybridized carbons (Fsp3) is 0.355. The Hall–Kier alpha value is -2.83. The zero-order valence-electron chi connectivity index (χ0n) is 22.6. The van der Waals surface area contributed by atoms with E-state index >= 15 is 0 Å². The number of rotatable bonds is 10. The number of hydrogen-bond donors (Lipinski definition) is 1. The molecule has 3 aromatic carbocycles. The van der Waals surface area contributed by atoms with Crippen LogP contribution < -0.4 is 10.1 Å². The second-order valence-corrected chi connectivity index (χ2v) is 12.0. The Morgan fingerprint density at radius 2 is 1.66 bits per heavy atom. The quantitative estimate of drug-likeness (QED) is 0.269. The molecule has 38 heavy (non-hydrogen) atoms. The molecule has 0 fully saturated rings. The largest absolute Gasteiger partial charge is 0.483 e. The Balaban J connectivity index is 1.93. The maximum Gasteiger partial charge on any atom is 0.261 e. The second-order valence-electron chi connectivity index (χ2n) is 10.7. The lowest BCUT2D eigenvalue weighted by Crippen LogP contribution is -2.55. The Kier molecular flexibility index (Phi) is 10.4. The van der Waals surface area contributed by atoms with E-state index in [2.05, 4.69) is 35.1 Å². The van der Waals surface area contributed by atoms with Crippen LogP contribution in [0.25, 0.3) is 0 Å². The lowest BCUT2D eigenvalue weighted by atomic mass is 10.0. The highest BCUT2D eigenvalue weighted by atomic mass is 79.9. The van der Waals surface area contributed by atoms with Crippen LogP contribution in [0.4, 0.5) is 0 Å². The van der Waals surface area contributed by atoms with Gasteiger partial charge in [-0.3, -0.25) is 9.59 Å². The number of benzene rings is 3. The maximum atomic E-state index is 13.8. The minimum Gasteiger partial charge on any atom is -0.483 e. The van der Waals surface area contributed by atoms with Crippen molar-refractivity contribution in [3.8, 4) is 5.75 Å². The molecule has 0 spiro atoms. The third kappa shape index (κ3) is 8.88. The van der Waals surface area contributed by atoms with E-state index < -0.39 is 11.6 Å². The monoisotopic (exact) mass is 598 g/mol. The van der Waals surface area contributed by atoms with Crippen LogP contribution in [0, 0.1) is 0 Å². The van der Waals surface area contributed by atoms with Crippen LogP contribution in [0.2, 0.25) is 5.02 Å². The van der Waals surface area contributed by atoms with Gasteiger partial charge in [0.2, 0.25) is 5.91 Å². The summed E-state index contributed by atoms with van der Waals surface area (Å²) in [6.45, 7) is 10.0. The van der Waals surface area contributed by atoms with Gasteiger partial charge in [0.1, 0.15) is 11.8 Å². The summed E-state index contributed by atoms with van der Waals surface area (Å²) in [4.78, 5) is 29.0. The van der Waals surface area contributed by atoms with E-state index in [0.717, 1.165) is 15.6 Å². The molecule has 0 saturated heterocycles. The molecule has 0 unspecified atom stereocenters. The number of nitrogens with one attached hydrogen (secondary N) is 1. The smallest absolute Gasteiger partial charge is 0.261 e. The Bertz CT molecular complexity index is 1240.